The quantitative estimate of drug-likeness (QED) is 0.268. The van der Waals surface area contributed by atoms with Crippen LogP contribution in [0.4, 0.5) is 0 Å². The summed E-state index contributed by atoms with van der Waals surface area (Å²) in [6.45, 7) is 21.9. The standard InChI is InChI=1S/C40H54O/c1-30(18-13-20-32(3)23-25-37-34(5)22-15-27-39(37,7)8)16-11-12-17-31(2)19-14-21-33(4)24-26-38-35(6)28-36(41)29-40(38,9)10/h11-26,36,41H,27-29H2,1-10H3/t36-/m1/s1. The van der Waals surface area contributed by atoms with Gasteiger partial charge in [0.15, 0.2) is 0 Å². The van der Waals surface area contributed by atoms with Gasteiger partial charge in [-0.05, 0) is 88.4 Å². The predicted octanol–water partition coefficient (Wildman–Crippen LogP) is 11.4. The molecule has 0 aromatic heterocycles. The molecule has 0 fully saturated rings. The number of aliphatic hydroxyl groups is 1. The molecule has 0 unspecified atom stereocenters. The first-order valence-corrected chi connectivity index (χ1v) is 15.1. The van der Waals surface area contributed by atoms with Crippen molar-refractivity contribution >= 4 is 0 Å². The molecule has 0 aromatic carbocycles. The van der Waals surface area contributed by atoms with Gasteiger partial charge in [0, 0.05) is 0 Å². The molecule has 2 aliphatic carbocycles. The fourth-order valence-corrected chi connectivity index (χ4v) is 5.57. The summed E-state index contributed by atoms with van der Waals surface area (Å²) in [7, 11) is 0. The van der Waals surface area contributed by atoms with E-state index in [0.717, 1.165) is 19.3 Å². The minimum Gasteiger partial charge on any atom is -0.393 e. The van der Waals surface area contributed by atoms with E-state index in [2.05, 4.69) is 166 Å². The number of hydrogen-bond acceptors (Lipinski definition) is 1. The van der Waals surface area contributed by atoms with Gasteiger partial charge in [-0.15, -0.1) is 0 Å². The fraction of sp³-hybridized carbons (Fsp3) is 0.400. The van der Waals surface area contributed by atoms with Crippen LogP contribution >= 0.6 is 0 Å². The van der Waals surface area contributed by atoms with Gasteiger partial charge in [-0.1, -0.05) is 153 Å². The van der Waals surface area contributed by atoms with E-state index in [1.54, 1.807) is 0 Å². The Bertz CT molecular complexity index is 1300. The van der Waals surface area contributed by atoms with Gasteiger partial charge in [-0.3, -0.25) is 0 Å². The van der Waals surface area contributed by atoms with Crippen LogP contribution in [0.25, 0.3) is 0 Å². The van der Waals surface area contributed by atoms with E-state index < -0.39 is 0 Å². The topological polar surface area (TPSA) is 20.2 Å². The Morgan fingerprint density at radius 2 is 1.15 bits per heavy atom. The van der Waals surface area contributed by atoms with Crippen LogP contribution in [0.3, 0.4) is 0 Å². The van der Waals surface area contributed by atoms with Gasteiger partial charge in [-0.25, -0.2) is 0 Å². The zero-order chi connectivity index (χ0) is 30.6. The van der Waals surface area contributed by atoms with E-state index in [4.69, 9.17) is 0 Å². The second-order valence-corrected chi connectivity index (χ2v) is 13.1. The third-order valence-corrected chi connectivity index (χ3v) is 7.92. The summed E-state index contributed by atoms with van der Waals surface area (Å²) in [5, 5.41) is 10.1. The van der Waals surface area contributed by atoms with Crippen molar-refractivity contribution in [2.24, 2.45) is 10.8 Å². The average Bonchev–Trinajstić information content (AvgIpc) is 2.84. The summed E-state index contributed by atoms with van der Waals surface area (Å²) >= 11 is 0. The van der Waals surface area contributed by atoms with Gasteiger partial charge in [-0.2, -0.15) is 0 Å². The SMILES string of the molecule is CC(C=CC=C(C)C=CC1=C(C)C=CCC1(C)C)=CC=CC=C(C)C=CC=C(C)C=CC1=C(C)C[C@@H](O)CC1(C)C. The van der Waals surface area contributed by atoms with Gasteiger partial charge < -0.3 is 5.11 Å². The molecule has 0 heterocycles. The van der Waals surface area contributed by atoms with E-state index in [1.165, 1.54) is 44.6 Å². The highest BCUT2D eigenvalue weighted by Gasteiger charge is 2.31. The van der Waals surface area contributed by atoms with Gasteiger partial charge >= 0.3 is 0 Å². The highest BCUT2D eigenvalue weighted by atomic mass is 16.3. The third-order valence-electron chi connectivity index (χ3n) is 7.92. The summed E-state index contributed by atoms with van der Waals surface area (Å²) in [6.07, 6.45) is 37.1. The largest absolute Gasteiger partial charge is 0.393 e. The third kappa shape index (κ3) is 11.7. The van der Waals surface area contributed by atoms with E-state index in [1.807, 2.05) is 0 Å². The van der Waals surface area contributed by atoms with Gasteiger partial charge in [0.1, 0.15) is 0 Å². The maximum Gasteiger partial charge on any atom is 0.0585 e. The first kappa shape index (κ1) is 34.0. The summed E-state index contributed by atoms with van der Waals surface area (Å²) < 4.78 is 0. The van der Waals surface area contributed by atoms with Gasteiger partial charge in [0.05, 0.1) is 6.10 Å². The van der Waals surface area contributed by atoms with Crippen molar-refractivity contribution in [3.63, 3.8) is 0 Å². The lowest BCUT2D eigenvalue weighted by Gasteiger charge is -2.35. The Morgan fingerprint density at radius 1 is 0.683 bits per heavy atom. The molecule has 2 aliphatic rings. The smallest absolute Gasteiger partial charge is 0.0585 e. The van der Waals surface area contributed by atoms with Crippen molar-refractivity contribution in [3.8, 4) is 0 Å². The zero-order valence-electron chi connectivity index (χ0n) is 27.4. The molecule has 220 valence electrons. The van der Waals surface area contributed by atoms with Crippen molar-refractivity contribution in [1.82, 2.24) is 0 Å². The highest BCUT2D eigenvalue weighted by molar-refractivity contribution is 5.42. The lowest BCUT2D eigenvalue weighted by atomic mass is 9.71. The Morgan fingerprint density at radius 3 is 1.63 bits per heavy atom. The van der Waals surface area contributed by atoms with Crippen molar-refractivity contribution in [3.05, 3.63) is 142 Å². The van der Waals surface area contributed by atoms with Gasteiger partial charge in [0.25, 0.3) is 0 Å². The lowest BCUT2D eigenvalue weighted by molar-refractivity contribution is 0.116. The highest BCUT2D eigenvalue weighted by Crippen LogP contribution is 2.41. The molecule has 1 atom stereocenters. The lowest BCUT2D eigenvalue weighted by Crippen LogP contribution is -2.28. The van der Waals surface area contributed by atoms with Gasteiger partial charge in [0.2, 0.25) is 0 Å². The summed E-state index contributed by atoms with van der Waals surface area (Å²) in [5.41, 5.74) is 10.5. The van der Waals surface area contributed by atoms with Crippen molar-refractivity contribution in [2.45, 2.75) is 94.6 Å². The summed E-state index contributed by atoms with van der Waals surface area (Å²) in [6, 6.07) is 0. The van der Waals surface area contributed by atoms with Crippen LogP contribution in [-0.4, -0.2) is 11.2 Å². The summed E-state index contributed by atoms with van der Waals surface area (Å²) in [4.78, 5) is 0. The normalized spacial score (nSPS) is 23.1. The van der Waals surface area contributed by atoms with Crippen molar-refractivity contribution < 1.29 is 5.11 Å². The molecule has 1 heteroatoms. The molecule has 0 saturated carbocycles. The molecule has 0 amide bonds. The molecule has 0 bridgehead atoms. The van der Waals surface area contributed by atoms with Crippen LogP contribution in [-0.2, 0) is 0 Å². The maximum atomic E-state index is 10.1. The van der Waals surface area contributed by atoms with Crippen LogP contribution < -0.4 is 0 Å². The summed E-state index contributed by atoms with van der Waals surface area (Å²) in [5.74, 6) is 0. The number of rotatable bonds is 10. The van der Waals surface area contributed by atoms with Crippen LogP contribution in [0, 0.1) is 10.8 Å². The molecule has 2 rings (SSSR count). The Hall–Kier alpha value is -3.16. The maximum absolute atomic E-state index is 10.1. The zero-order valence-corrected chi connectivity index (χ0v) is 27.4. The fourth-order valence-electron chi connectivity index (χ4n) is 5.57. The van der Waals surface area contributed by atoms with Crippen molar-refractivity contribution in [1.29, 1.82) is 0 Å². The molecule has 1 nitrogen and oxygen atoms in total. The molecule has 41 heavy (non-hydrogen) atoms. The molecule has 0 spiro atoms. The Kier molecular flexibility index (Phi) is 13.1. The van der Waals surface area contributed by atoms with E-state index >= 15 is 0 Å². The predicted molar refractivity (Wildman–Crippen MR) is 183 cm³/mol. The van der Waals surface area contributed by atoms with Crippen molar-refractivity contribution in [2.75, 3.05) is 0 Å². The molecule has 0 saturated heterocycles. The Balaban J connectivity index is 1.90. The molecule has 0 aliphatic heterocycles. The molecular weight excluding hydrogens is 496 g/mol. The van der Waals surface area contributed by atoms with Crippen LogP contribution in [0.15, 0.2) is 142 Å². The minimum atomic E-state index is -0.222. The average molecular weight is 551 g/mol. The molecular formula is C40H54O. The molecule has 1 N–H and O–H groups in total. The number of hydrogen-bond donors (Lipinski definition) is 1. The first-order chi connectivity index (χ1) is 19.2. The van der Waals surface area contributed by atoms with Crippen LogP contribution in [0.5, 0.6) is 0 Å². The Labute approximate surface area is 251 Å². The molecule has 0 radical (unpaired) electrons. The van der Waals surface area contributed by atoms with E-state index in [0.29, 0.717) is 0 Å². The minimum absolute atomic E-state index is 0.0110. The van der Waals surface area contributed by atoms with E-state index in [-0.39, 0.29) is 16.9 Å². The second-order valence-electron chi connectivity index (χ2n) is 13.1. The second kappa shape index (κ2) is 15.7. The van der Waals surface area contributed by atoms with Crippen LogP contribution in [0.1, 0.15) is 88.5 Å². The van der Waals surface area contributed by atoms with E-state index in [9.17, 15) is 5.11 Å². The van der Waals surface area contributed by atoms with Crippen LogP contribution in [0.2, 0.25) is 0 Å². The number of aliphatic hydroxyl groups excluding tert-OH is 1. The number of allylic oxidation sites excluding steroid dienone is 23. The first-order valence-electron chi connectivity index (χ1n) is 15.1. The monoisotopic (exact) mass is 550 g/mol. The molecule has 0 aromatic rings.